The van der Waals surface area contributed by atoms with Crippen molar-refractivity contribution in [1.29, 1.82) is 0 Å². The molecule has 2 aliphatic carbocycles. The van der Waals surface area contributed by atoms with Gasteiger partial charge in [-0.2, -0.15) is 0 Å². The number of piperidine rings is 1. The molecule has 1 N–H and O–H groups in total. The van der Waals surface area contributed by atoms with Crippen LogP contribution < -0.4 is 5.32 Å². The Labute approximate surface area is 197 Å². The Morgan fingerprint density at radius 1 is 0.909 bits per heavy atom. The van der Waals surface area contributed by atoms with Gasteiger partial charge in [0.15, 0.2) is 0 Å². The van der Waals surface area contributed by atoms with Crippen LogP contribution in [-0.2, 0) is 15.0 Å². The second-order valence-electron chi connectivity index (χ2n) is 10.3. The predicted molar refractivity (Wildman–Crippen MR) is 131 cm³/mol. The van der Waals surface area contributed by atoms with E-state index in [0.717, 1.165) is 57.3 Å². The van der Waals surface area contributed by atoms with E-state index in [-0.39, 0.29) is 28.6 Å². The number of rotatable bonds is 6. The van der Waals surface area contributed by atoms with E-state index in [4.69, 9.17) is 0 Å². The minimum atomic E-state index is 0.0707. The number of benzene rings is 2. The zero-order valence-electron chi connectivity index (χ0n) is 19.3. The Kier molecular flexibility index (Phi) is 6.09. The van der Waals surface area contributed by atoms with Gasteiger partial charge in [0.2, 0.25) is 11.8 Å². The van der Waals surface area contributed by atoms with Crippen LogP contribution >= 0.6 is 0 Å². The number of amides is 2. The van der Waals surface area contributed by atoms with E-state index in [1.807, 2.05) is 41.3 Å². The molecule has 2 aromatic rings. The van der Waals surface area contributed by atoms with Gasteiger partial charge in [0.25, 0.3) is 0 Å². The molecule has 1 unspecified atom stereocenters. The third kappa shape index (κ3) is 4.62. The maximum absolute atomic E-state index is 13.1. The van der Waals surface area contributed by atoms with Gasteiger partial charge in [-0.25, -0.2) is 0 Å². The summed E-state index contributed by atoms with van der Waals surface area (Å²) >= 11 is 0. The molecule has 1 spiro atoms. The molecule has 1 atom stereocenters. The van der Waals surface area contributed by atoms with Crippen molar-refractivity contribution in [3.8, 4) is 0 Å². The van der Waals surface area contributed by atoms with Gasteiger partial charge in [0.05, 0.1) is 0 Å². The molecule has 0 bridgehead atoms. The van der Waals surface area contributed by atoms with Crippen molar-refractivity contribution >= 4 is 17.9 Å². The van der Waals surface area contributed by atoms with Crippen molar-refractivity contribution in [3.05, 3.63) is 77.9 Å². The number of carbonyl (C=O) groups is 2. The third-order valence-electron chi connectivity index (χ3n) is 8.34. The topological polar surface area (TPSA) is 49.4 Å². The molecular weight excluding hydrogens is 408 g/mol. The number of hydrogen-bond acceptors (Lipinski definition) is 2. The summed E-state index contributed by atoms with van der Waals surface area (Å²) in [5.41, 5.74) is 2.61. The lowest BCUT2D eigenvalue weighted by atomic mass is 9.78. The fourth-order valence-corrected chi connectivity index (χ4v) is 6.07. The summed E-state index contributed by atoms with van der Waals surface area (Å²) in [5.74, 6) is 0.409. The number of likely N-dealkylation sites (tertiary alicyclic amines) is 1. The Balaban J connectivity index is 1.13. The van der Waals surface area contributed by atoms with E-state index in [2.05, 4.69) is 35.6 Å². The Morgan fingerprint density at radius 3 is 2.21 bits per heavy atom. The van der Waals surface area contributed by atoms with Crippen LogP contribution in [0, 0.1) is 11.3 Å². The summed E-state index contributed by atoms with van der Waals surface area (Å²) < 4.78 is 0. The molecule has 5 rings (SSSR count). The Morgan fingerprint density at radius 2 is 1.55 bits per heavy atom. The number of carbonyl (C=O) groups excluding carboxylic acids is 2. The Hall–Kier alpha value is -2.88. The van der Waals surface area contributed by atoms with Gasteiger partial charge in [-0.05, 0) is 54.7 Å². The first kappa shape index (κ1) is 21.9. The van der Waals surface area contributed by atoms with Gasteiger partial charge in [0, 0.05) is 37.0 Å². The van der Waals surface area contributed by atoms with Crippen LogP contribution in [0.25, 0.3) is 6.08 Å². The van der Waals surface area contributed by atoms with Crippen LogP contribution in [0.5, 0.6) is 0 Å². The molecule has 3 aliphatic rings. The predicted octanol–water partition coefficient (Wildman–Crippen LogP) is 4.96. The SMILES string of the molecule is O=C(NCC1(c2ccccc2)CCCC1)C1CC12CCN(C(=O)/C=C/c1ccccc1)CC2. The van der Waals surface area contributed by atoms with E-state index in [1.54, 1.807) is 6.08 Å². The van der Waals surface area contributed by atoms with Crippen molar-refractivity contribution in [2.45, 2.75) is 50.4 Å². The van der Waals surface area contributed by atoms with Gasteiger partial charge in [-0.15, -0.1) is 0 Å². The molecule has 0 radical (unpaired) electrons. The smallest absolute Gasteiger partial charge is 0.246 e. The molecule has 4 heteroatoms. The summed E-state index contributed by atoms with van der Waals surface area (Å²) in [6.07, 6.45) is 11.2. The zero-order chi connectivity index (χ0) is 22.7. The van der Waals surface area contributed by atoms with E-state index < -0.39 is 0 Å². The zero-order valence-corrected chi connectivity index (χ0v) is 19.3. The van der Waals surface area contributed by atoms with E-state index in [1.165, 1.54) is 18.4 Å². The second-order valence-corrected chi connectivity index (χ2v) is 10.3. The van der Waals surface area contributed by atoms with Crippen LogP contribution in [0.15, 0.2) is 66.7 Å². The molecule has 4 nitrogen and oxygen atoms in total. The van der Waals surface area contributed by atoms with Crippen molar-refractivity contribution in [1.82, 2.24) is 10.2 Å². The van der Waals surface area contributed by atoms with Crippen LogP contribution in [0.4, 0.5) is 0 Å². The summed E-state index contributed by atoms with van der Waals surface area (Å²) in [7, 11) is 0. The molecule has 172 valence electrons. The molecule has 33 heavy (non-hydrogen) atoms. The van der Waals surface area contributed by atoms with Gasteiger partial charge >= 0.3 is 0 Å². The average Bonchev–Trinajstić information content (AvgIpc) is 3.34. The summed E-state index contributed by atoms with van der Waals surface area (Å²) in [5, 5.41) is 3.34. The van der Waals surface area contributed by atoms with Gasteiger partial charge in [0.1, 0.15) is 0 Å². The second kappa shape index (κ2) is 9.17. The van der Waals surface area contributed by atoms with Crippen LogP contribution in [-0.4, -0.2) is 36.3 Å². The molecule has 0 aromatic heterocycles. The lowest BCUT2D eigenvalue weighted by Gasteiger charge is -2.33. The number of nitrogens with zero attached hydrogens (tertiary/aromatic N) is 1. The maximum Gasteiger partial charge on any atom is 0.246 e. The average molecular weight is 443 g/mol. The maximum atomic E-state index is 13.1. The summed E-state index contributed by atoms with van der Waals surface area (Å²) in [4.78, 5) is 27.6. The highest BCUT2D eigenvalue weighted by Crippen LogP contribution is 2.59. The first-order valence-corrected chi connectivity index (χ1v) is 12.5. The standard InChI is InChI=1S/C29H34N2O2/c32-26(14-13-23-9-3-1-4-10-23)31-19-17-28(18-20-31)21-25(28)27(33)30-22-29(15-7-8-16-29)24-11-5-2-6-12-24/h1-6,9-14,25H,7-8,15-22H2,(H,30,33)/b14-13+. The molecule has 1 aliphatic heterocycles. The number of hydrogen-bond donors (Lipinski definition) is 1. The lowest BCUT2D eigenvalue weighted by Crippen LogP contribution is -2.42. The summed E-state index contributed by atoms with van der Waals surface area (Å²) in [6, 6.07) is 20.6. The minimum Gasteiger partial charge on any atom is -0.355 e. The highest BCUT2D eigenvalue weighted by Gasteiger charge is 2.58. The van der Waals surface area contributed by atoms with Crippen molar-refractivity contribution in [3.63, 3.8) is 0 Å². The minimum absolute atomic E-state index is 0.0707. The van der Waals surface area contributed by atoms with Crippen LogP contribution in [0.2, 0.25) is 0 Å². The fourth-order valence-electron chi connectivity index (χ4n) is 6.07. The van der Waals surface area contributed by atoms with Crippen molar-refractivity contribution in [2.24, 2.45) is 11.3 Å². The van der Waals surface area contributed by atoms with Gasteiger partial charge in [-0.3, -0.25) is 9.59 Å². The molecule has 1 heterocycles. The highest BCUT2D eigenvalue weighted by molar-refractivity contribution is 5.92. The summed E-state index contributed by atoms with van der Waals surface area (Å²) in [6.45, 7) is 2.24. The van der Waals surface area contributed by atoms with Gasteiger partial charge in [-0.1, -0.05) is 73.5 Å². The molecule has 1 saturated heterocycles. The largest absolute Gasteiger partial charge is 0.355 e. The monoisotopic (exact) mass is 442 g/mol. The number of nitrogens with one attached hydrogen (secondary N) is 1. The highest BCUT2D eigenvalue weighted by atomic mass is 16.2. The van der Waals surface area contributed by atoms with E-state index in [9.17, 15) is 9.59 Å². The van der Waals surface area contributed by atoms with E-state index >= 15 is 0 Å². The van der Waals surface area contributed by atoms with Crippen molar-refractivity contribution in [2.75, 3.05) is 19.6 Å². The Bertz CT molecular complexity index is 1000. The molecule has 2 amide bonds. The third-order valence-corrected chi connectivity index (χ3v) is 8.34. The lowest BCUT2D eigenvalue weighted by molar-refractivity contribution is -0.127. The molecule has 2 aromatic carbocycles. The first-order valence-electron chi connectivity index (χ1n) is 12.5. The molecule has 2 saturated carbocycles. The fraction of sp³-hybridized carbons (Fsp3) is 0.448. The molecular formula is C29H34N2O2. The van der Waals surface area contributed by atoms with Gasteiger partial charge < -0.3 is 10.2 Å². The normalized spacial score (nSPS) is 23.0. The quantitative estimate of drug-likeness (QED) is 0.643. The van der Waals surface area contributed by atoms with Crippen LogP contribution in [0.1, 0.15) is 56.1 Å². The van der Waals surface area contributed by atoms with E-state index in [0.29, 0.717) is 0 Å². The molecule has 3 fully saturated rings. The van der Waals surface area contributed by atoms with Crippen LogP contribution in [0.3, 0.4) is 0 Å². The van der Waals surface area contributed by atoms with Crippen molar-refractivity contribution < 1.29 is 9.59 Å². The first-order chi connectivity index (χ1) is 16.1.